The van der Waals surface area contributed by atoms with Crippen LogP contribution in [-0.2, 0) is 21.4 Å². The highest BCUT2D eigenvalue weighted by Crippen LogP contribution is 2.25. The number of aryl methyl sites for hydroxylation is 2. The standard InChI is InChI=1S/C11H13F3N4O3/c1-6-3-7(17-18(6)2)16-8(19)10(4-15-5-10)21-9(20)11(12,13)14/h3,15H,4-5H2,1-2H3,(H,16,17,19). The average Bonchev–Trinajstić information content (AvgIpc) is 2.61. The molecule has 0 aliphatic carbocycles. The lowest BCUT2D eigenvalue weighted by Crippen LogP contribution is -2.68. The fourth-order valence-corrected chi connectivity index (χ4v) is 1.72. The molecule has 21 heavy (non-hydrogen) atoms. The lowest BCUT2D eigenvalue weighted by Gasteiger charge is -2.39. The molecule has 0 saturated carbocycles. The highest BCUT2D eigenvalue weighted by molar-refractivity contribution is 5.99. The molecule has 7 nitrogen and oxygen atoms in total. The number of hydrogen-bond acceptors (Lipinski definition) is 5. The van der Waals surface area contributed by atoms with Crippen LogP contribution in [0.5, 0.6) is 0 Å². The van der Waals surface area contributed by atoms with E-state index in [1.165, 1.54) is 4.68 Å². The second-order valence-corrected chi connectivity index (χ2v) is 4.73. The van der Waals surface area contributed by atoms with E-state index in [1.54, 1.807) is 20.0 Å². The smallest absolute Gasteiger partial charge is 0.439 e. The van der Waals surface area contributed by atoms with E-state index < -0.39 is 23.7 Å². The van der Waals surface area contributed by atoms with Crippen LogP contribution in [-0.4, -0.2) is 46.5 Å². The van der Waals surface area contributed by atoms with Crippen molar-refractivity contribution in [3.8, 4) is 0 Å². The summed E-state index contributed by atoms with van der Waals surface area (Å²) in [5, 5.41) is 8.91. The first-order valence-corrected chi connectivity index (χ1v) is 5.97. The van der Waals surface area contributed by atoms with E-state index in [4.69, 9.17) is 0 Å². The summed E-state index contributed by atoms with van der Waals surface area (Å²) in [6.07, 6.45) is -5.15. The third-order valence-electron chi connectivity index (χ3n) is 3.11. The third-order valence-corrected chi connectivity index (χ3v) is 3.11. The SMILES string of the molecule is Cc1cc(NC(=O)C2(OC(=O)C(F)(F)F)CNC2)nn1C. The van der Waals surface area contributed by atoms with Crippen molar-refractivity contribution in [2.45, 2.75) is 18.7 Å². The predicted octanol–water partition coefficient (Wildman–Crippen LogP) is 0.115. The van der Waals surface area contributed by atoms with Gasteiger partial charge in [-0.15, -0.1) is 0 Å². The molecule has 1 aromatic rings. The molecule has 1 saturated heterocycles. The van der Waals surface area contributed by atoms with Crippen LogP contribution in [0.3, 0.4) is 0 Å². The predicted molar refractivity (Wildman–Crippen MR) is 64.3 cm³/mol. The molecule has 2 N–H and O–H groups in total. The lowest BCUT2D eigenvalue weighted by molar-refractivity contribution is -0.217. The van der Waals surface area contributed by atoms with Gasteiger partial charge in [0, 0.05) is 31.9 Å². The molecule has 0 atom stereocenters. The maximum Gasteiger partial charge on any atom is 0.490 e. The molecule has 2 rings (SSSR count). The summed E-state index contributed by atoms with van der Waals surface area (Å²) in [5.41, 5.74) is -1.11. The molecular weight excluding hydrogens is 293 g/mol. The second kappa shape index (κ2) is 5.02. The number of nitrogens with zero attached hydrogens (tertiary/aromatic N) is 2. The summed E-state index contributed by atoms with van der Waals surface area (Å²) >= 11 is 0. The van der Waals surface area contributed by atoms with Gasteiger partial charge in [0.2, 0.25) is 5.60 Å². The van der Waals surface area contributed by atoms with Gasteiger partial charge in [-0.25, -0.2) is 4.79 Å². The van der Waals surface area contributed by atoms with Crippen molar-refractivity contribution in [1.29, 1.82) is 0 Å². The highest BCUT2D eigenvalue weighted by atomic mass is 19.4. The molecule has 1 aromatic heterocycles. The van der Waals surface area contributed by atoms with E-state index >= 15 is 0 Å². The number of nitrogens with one attached hydrogen (secondary N) is 2. The number of rotatable bonds is 3. The van der Waals surface area contributed by atoms with Gasteiger partial charge in [-0.1, -0.05) is 0 Å². The number of anilines is 1. The number of halogens is 3. The Kier molecular flexibility index (Phi) is 3.66. The van der Waals surface area contributed by atoms with E-state index in [2.05, 4.69) is 20.5 Å². The molecule has 0 spiro atoms. The van der Waals surface area contributed by atoms with E-state index in [-0.39, 0.29) is 18.9 Å². The Balaban J connectivity index is 2.09. The fraction of sp³-hybridized carbons (Fsp3) is 0.545. The molecule has 1 aliphatic heterocycles. The Hall–Kier alpha value is -2.10. The van der Waals surface area contributed by atoms with Crippen molar-refractivity contribution in [1.82, 2.24) is 15.1 Å². The highest BCUT2D eigenvalue weighted by Gasteiger charge is 2.53. The molecule has 116 valence electrons. The van der Waals surface area contributed by atoms with Gasteiger partial charge in [-0.3, -0.25) is 9.48 Å². The third kappa shape index (κ3) is 2.99. The second-order valence-electron chi connectivity index (χ2n) is 4.73. The number of ether oxygens (including phenoxy) is 1. The molecule has 0 bridgehead atoms. The normalized spacial score (nSPS) is 17.0. The van der Waals surface area contributed by atoms with E-state index in [1.807, 2.05) is 0 Å². The first-order valence-electron chi connectivity index (χ1n) is 5.97. The largest absolute Gasteiger partial charge is 0.490 e. The van der Waals surface area contributed by atoms with Crippen molar-refractivity contribution < 1.29 is 27.5 Å². The summed E-state index contributed by atoms with van der Waals surface area (Å²) in [4.78, 5) is 23.0. The monoisotopic (exact) mass is 306 g/mol. The van der Waals surface area contributed by atoms with Gasteiger partial charge in [-0.05, 0) is 6.92 Å². The first-order chi connectivity index (χ1) is 9.64. The van der Waals surface area contributed by atoms with Crippen LogP contribution >= 0.6 is 0 Å². The van der Waals surface area contributed by atoms with Crippen LogP contribution in [0.2, 0.25) is 0 Å². The van der Waals surface area contributed by atoms with Crippen LogP contribution in [0, 0.1) is 6.92 Å². The first kappa shape index (κ1) is 15.3. The fourth-order valence-electron chi connectivity index (χ4n) is 1.72. The van der Waals surface area contributed by atoms with Gasteiger partial charge < -0.3 is 15.4 Å². The van der Waals surface area contributed by atoms with Gasteiger partial charge >= 0.3 is 12.1 Å². The molecule has 0 unspecified atom stereocenters. The van der Waals surface area contributed by atoms with Gasteiger partial charge in [0.25, 0.3) is 5.91 Å². The maximum atomic E-state index is 12.2. The minimum Gasteiger partial charge on any atom is -0.439 e. The van der Waals surface area contributed by atoms with Gasteiger partial charge in [0.1, 0.15) is 0 Å². The van der Waals surface area contributed by atoms with Crippen LogP contribution < -0.4 is 10.6 Å². The number of esters is 1. The summed E-state index contributed by atoms with van der Waals surface area (Å²) in [7, 11) is 1.65. The summed E-state index contributed by atoms with van der Waals surface area (Å²) in [6.45, 7) is 1.37. The van der Waals surface area contributed by atoms with Crippen molar-refractivity contribution in [3.63, 3.8) is 0 Å². The number of aromatic nitrogens is 2. The van der Waals surface area contributed by atoms with Crippen molar-refractivity contribution in [2.24, 2.45) is 7.05 Å². The molecular formula is C11H13F3N4O3. The number of hydrogen-bond donors (Lipinski definition) is 2. The number of alkyl halides is 3. The number of amides is 1. The van der Waals surface area contributed by atoms with Crippen LogP contribution in [0.4, 0.5) is 19.0 Å². The Labute approximate surface area is 117 Å². The maximum absolute atomic E-state index is 12.2. The Morgan fingerprint density at radius 2 is 2.10 bits per heavy atom. The zero-order valence-electron chi connectivity index (χ0n) is 11.2. The molecule has 1 fully saturated rings. The zero-order valence-corrected chi connectivity index (χ0v) is 11.2. The minimum atomic E-state index is -5.15. The summed E-state index contributed by atoms with van der Waals surface area (Å²) < 4.78 is 42.6. The van der Waals surface area contributed by atoms with Gasteiger partial charge in [0.05, 0.1) is 0 Å². The summed E-state index contributed by atoms with van der Waals surface area (Å²) in [5.74, 6) is -3.07. The zero-order chi connectivity index (χ0) is 15.8. The minimum absolute atomic E-state index is 0.175. The lowest BCUT2D eigenvalue weighted by atomic mass is 9.95. The number of carbonyl (C=O) groups excluding carboxylic acids is 2. The Morgan fingerprint density at radius 3 is 2.48 bits per heavy atom. The molecule has 1 amide bonds. The quantitative estimate of drug-likeness (QED) is 0.775. The van der Waals surface area contributed by atoms with Crippen molar-refractivity contribution in [3.05, 3.63) is 11.8 Å². The van der Waals surface area contributed by atoms with Crippen LogP contribution in [0.25, 0.3) is 0 Å². The molecule has 10 heteroatoms. The Bertz CT molecular complexity index is 558. The molecule has 0 aromatic carbocycles. The molecule has 1 aliphatic rings. The van der Waals surface area contributed by atoms with Crippen LogP contribution in [0.15, 0.2) is 6.07 Å². The summed E-state index contributed by atoms with van der Waals surface area (Å²) in [6, 6.07) is 1.54. The average molecular weight is 306 g/mol. The topological polar surface area (TPSA) is 85.2 Å². The van der Waals surface area contributed by atoms with Crippen LogP contribution in [0.1, 0.15) is 5.69 Å². The molecule has 2 heterocycles. The van der Waals surface area contributed by atoms with E-state index in [9.17, 15) is 22.8 Å². The van der Waals surface area contributed by atoms with E-state index in [0.29, 0.717) is 0 Å². The number of carbonyl (C=O) groups is 2. The van der Waals surface area contributed by atoms with Crippen molar-refractivity contribution in [2.75, 3.05) is 18.4 Å². The molecule has 0 radical (unpaired) electrons. The van der Waals surface area contributed by atoms with E-state index in [0.717, 1.165) is 5.69 Å². The van der Waals surface area contributed by atoms with Gasteiger partial charge in [-0.2, -0.15) is 18.3 Å². The van der Waals surface area contributed by atoms with Crippen molar-refractivity contribution >= 4 is 17.7 Å². The Morgan fingerprint density at radius 1 is 1.48 bits per heavy atom. The van der Waals surface area contributed by atoms with Gasteiger partial charge in [0.15, 0.2) is 5.82 Å².